The van der Waals surface area contributed by atoms with E-state index in [4.69, 9.17) is 5.73 Å². The summed E-state index contributed by atoms with van der Waals surface area (Å²) >= 11 is 0. The molecule has 5 saturated carbocycles. The molecule has 4 N–H and O–H groups in total. The van der Waals surface area contributed by atoms with Crippen LogP contribution in [-0.2, 0) is 0 Å². The minimum absolute atomic E-state index is 0.0716. The molecule has 4 heteroatoms. The van der Waals surface area contributed by atoms with Crippen molar-refractivity contribution >= 4 is 6.03 Å². The van der Waals surface area contributed by atoms with E-state index in [2.05, 4.69) is 10.6 Å². The monoisotopic (exact) mass is 291 g/mol. The summed E-state index contributed by atoms with van der Waals surface area (Å²) in [5.41, 5.74) is 5.94. The van der Waals surface area contributed by atoms with Gasteiger partial charge in [-0.2, -0.15) is 0 Å². The van der Waals surface area contributed by atoms with Crippen LogP contribution in [0.4, 0.5) is 4.79 Å². The molecule has 5 aliphatic carbocycles. The highest BCUT2D eigenvalue weighted by Crippen LogP contribution is 2.55. The maximum absolute atomic E-state index is 12.5. The summed E-state index contributed by atoms with van der Waals surface area (Å²) < 4.78 is 0. The highest BCUT2D eigenvalue weighted by molar-refractivity contribution is 5.75. The van der Waals surface area contributed by atoms with E-state index in [9.17, 15) is 4.79 Å². The van der Waals surface area contributed by atoms with Crippen LogP contribution in [0.5, 0.6) is 0 Å². The van der Waals surface area contributed by atoms with Crippen LogP contribution in [-0.4, -0.2) is 24.2 Å². The quantitative estimate of drug-likeness (QED) is 0.747. The van der Waals surface area contributed by atoms with Crippen LogP contribution in [0.25, 0.3) is 0 Å². The molecule has 5 fully saturated rings. The Hall–Kier alpha value is -0.770. The van der Waals surface area contributed by atoms with Crippen molar-refractivity contribution in [1.29, 1.82) is 0 Å². The fraction of sp³-hybridized carbons (Fsp3) is 0.941. The standard InChI is InChI=1S/C17H29N3O/c18-10-14-2-1-3-15(14)19-16(21)20-17-7-11-4-12(8-17)6-13(5-11)9-17/h11-15H,1-10,18H2,(H2,19,20,21). The fourth-order valence-corrected chi connectivity index (χ4v) is 6.22. The van der Waals surface area contributed by atoms with E-state index >= 15 is 0 Å². The molecule has 0 saturated heterocycles. The molecule has 0 aromatic carbocycles. The molecule has 5 rings (SSSR count). The molecule has 4 bridgehead atoms. The number of hydrogen-bond acceptors (Lipinski definition) is 2. The minimum Gasteiger partial charge on any atom is -0.335 e. The third kappa shape index (κ3) is 2.56. The number of rotatable bonds is 3. The van der Waals surface area contributed by atoms with Gasteiger partial charge in [0.2, 0.25) is 0 Å². The summed E-state index contributed by atoms with van der Waals surface area (Å²) in [5, 5.41) is 6.63. The molecule has 0 heterocycles. The summed E-state index contributed by atoms with van der Waals surface area (Å²) in [6, 6.07) is 0.367. The summed E-state index contributed by atoms with van der Waals surface area (Å²) in [7, 11) is 0. The zero-order chi connectivity index (χ0) is 14.4. The van der Waals surface area contributed by atoms with Crippen LogP contribution >= 0.6 is 0 Å². The summed E-state index contributed by atoms with van der Waals surface area (Å²) in [6.45, 7) is 0.697. The number of urea groups is 1. The number of carbonyl (C=O) groups excluding carboxylic acids is 1. The first-order valence-corrected chi connectivity index (χ1v) is 8.94. The molecule has 2 unspecified atom stereocenters. The van der Waals surface area contributed by atoms with Crippen molar-refractivity contribution in [2.75, 3.05) is 6.54 Å². The lowest BCUT2D eigenvalue weighted by atomic mass is 9.53. The number of nitrogens with one attached hydrogen (secondary N) is 2. The molecule has 118 valence electrons. The number of hydrogen-bond donors (Lipinski definition) is 3. The molecule has 0 aromatic heterocycles. The minimum atomic E-state index is 0.0716. The molecule has 2 amide bonds. The van der Waals surface area contributed by atoms with Crippen LogP contribution in [0.2, 0.25) is 0 Å². The average molecular weight is 291 g/mol. The number of amides is 2. The van der Waals surface area contributed by atoms with Gasteiger partial charge in [-0.1, -0.05) is 6.42 Å². The molecule has 21 heavy (non-hydrogen) atoms. The second kappa shape index (κ2) is 5.15. The third-order valence-electron chi connectivity index (χ3n) is 6.70. The van der Waals surface area contributed by atoms with Crippen LogP contribution in [0, 0.1) is 23.7 Å². The largest absolute Gasteiger partial charge is 0.335 e. The highest BCUT2D eigenvalue weighted by atomic mass is 16.2. The Morgan fingerprint density at radius 2 is 1.67 bits per heavy atom. The van der Waals surface area contributed by atoms with Crippen molar-refractivity contribution in [3.8, 4) is 0 Å². The van der Waals surface area contributed by atoms with Gasteiger partial charge >= 0.3 is 6.03 Å². The van der Waals surface area contributed by atoms with Gasteiger partial charge in [0.1, 0.15) is 0 Å². The van der Waals surface area contributed by atoms with Gasteiger partial charge in [-0.05, 0) is 81.6 Å². The Morgan fingerprint density at radius 1 is 1.05 bits per heavy atom. The Bertz CT molecular complexity index is 387. The van der Waals surface area contributed by atoms with Gasteiger partial charge < -0.3 is 16.4 Å². The first-order valence-electron chi connectivity index (χ1n) is 8.94. The first kappa shape index (κ1) is 13.9. The van der Waals surface area contributed by atoms with Crippen molar-refractivity contribution in [2.45, 2.75) is 69.4 Å². The van der Waals surface area contributed by atoms with Gasteiger partial charge in [-0.25, -0.2) is 4.79 Å². The summed E-state index contributed by atoms with van der Waals surface area (Å²) in [4.78, 5) is 12.5. The number of carbonyl (C=O) groups is 1. The Morgan fingerprint density at radius 3 is 2.24 bits per heavy atom. The molecule has 0 radical (unpaired) electrons. The Balaban J connectivity index is 1.38. The topological polar surface area (TPSA) is 67.1 Å². The highest BCUT2D eigenvalue weighted by Gasteiger charge is 2.51. The summed E-state index contributed by atoms with van der Waals surface area (Å²) in [6.07, 6.45) is 11.4. The first-order chi connectivity index (χ1) is 10.2. The van der Waals surface area contributed by atoms with Gasteiger partial charge in [-0.3, -0.25) is 0 Å². The molecule has 5 aliphatic rings. The van der Waals surface area contributed by atoms with Crippen molar-refractivity contribution in [1.82, 2.24) is 10.6 Å². The van der Waals surface area contributed by atoms with E-state index in [0.717, 1.165) is 24.2 Å². The van der Waals surface area contributed by atoms with Gasteiger partial charge in [0.15, 0.2) is 0 Å². The lowest BCUT2D eigenvalue weighted by Gasteiger charge is -2.56. The van der Waals surface area contributed by atoms with Crippen molar-refractivity contribution in [2.24, 2.45) is 29.4 Å². The molecule has 2 atom stereocenters. The summed E-state index contributed by atoms with van der Waals surface area (Å²) in [5.74, 6) is 3.10. The van der Waals surface area contributed by atoms with Crippen molar-refractivity contribution in [3.63, 3.8) is 0 Å². The molecule has 0 spiro atoms. The van der Waals surface area contributed by atoms with Gasteiger partial charge in [0.05, 0.1) is 0 Å². The predicted octanol–water partition coefficient (Wildman–Crippen LogP) is 2.38. The second-order valence-electron chi connectivity index (χ2n) is 8.33. The molecular weight excluding hydrogens is 262 g/mol. The van der Waals surface area contributed by atoms with Crippen LogP contribution in [0.1, 0.15) is 57.8 Å². The van der Waals surface area contributed by atoms with E-state index in [1.807, 2.05) is 0 Å². The van der Waals surface area contributed by atoms with Crippen molar-refractivity contribution in [3.05, 3.63) is 0 Å². The maximum atomic E-state index is 12.5. The Kier molecular flexibility index (Phi) is 3.40. The van der Waals surface area contributed by atoms with E-state index in [-0.39, 0.29) is 11.6 Å². The van der Waals surface area contributed by atoms with Crippen LogP contribution in [0.3, 0.4) is 0 Å². The number of nitrogens with two attached hydrogens (primary N) is 1. The third-order valence-corrected chi connectivity index (χ3v) is 6.70. The van der Waals surface area contributed by atoms with E-state index in [1.54, 1.807) is 0 Å². The molecule has 0 aliphatic heterocycles. The zero-order valence-corrected chi connectivity index (χ0v) is 12.9. The second-order valence-corrected chi connectivity index (χ2v) is 8.33. The average Bonchev–Trinajstić information content (AvgIpc) is 2.83. The zero-order valence-electron chi connectivity index (χ0n) is 12.9. The van der Waals surface area contributed by atoms with Crippen molar-refractivity contribution < 1.29 is 4.79 Å². The van der Waals surface area contributed by atoms with Crippen LogP contribution in [0.15, 0.2) is 0 Å². The molecule has 0 aromatic rings. The van der Waals surface area contributed by atoms with E-state index in [0.29, 0.717) is 18.5 Å². The molecular formula is C17H29N3O. The van der Waals surface area contributed by atoms with Gasteiger partial charge in [0, 0.05) is 11.6 Å². The lowest BCUT2D eigenvalue weighted by Crippen LogP contribution is -2.62. The van der Waals surface area contributed by atoms with Gasteiger partial charge in [-0.15, -0.1) is 0 Å². The van der Waals surface area contributed by atoms with E-state index < -0.39 is 0 Å². The fourth-order valence-electron chi connectivity index (χ4n) is 6.22. The van der Waals surface area contributed by atoms with E-state index in [1.165, 1.54) is 51.4 Å². The maximum Gasteiger partial charge on any atom is 0.315 e. The SMILES string of the molecule is NCC1CCCC1NC(=O)NC12CC3CC(CC(C3)C1)C2. The molecule has 4 nitrogen and oxygen atoms in total. The predicted molar refractivity (Wildman–Crippen MR) is 82.8 cm³/mol. The smallest absolute Gasteiger partial charge is 0.315 e. The van der Waals surface area contributed by atoms with Gasteiger partial charge in [0.25, 0.3) is 0 Å². The Labute approximate surface area is 127 Å². The normalized spacial score (nSPS) is 47.6. The lowest BCUT2D eigenvalue weighted by molar-refractivity contribution is -0.0137. The van der Waals surface area contributed by atoms with Crippen LogP contribution < -0.4 is 16.4 Å².